The molecule has 4 nitrogen and oxygen atoms in total. The van der Waals surface area contributed by atoms with Crippen LogP contribution in [0.15, 0.2) is 24.3 Å². The van der Waals surface area contributed by atoms with E-state index >= 15 is 0 Å². The normalized spacial score (nSPS) is 13.1. The quantitative estimate of drug-likeness (QED) is 0.548. The summed E-state index contributed by atoms with van der Waals surface area (Å²) in [6, 6.07) is 8.00. The van der Waals surface area contributed by atoms with Gasteiger partial charge in [-0.15, -0.1) is 0 Å². The van der Waals surface area contributed by atoms with E-state index in [4.69, 9.17) is 19.1 Å². The molecule has 0 bridgehead atoms. The van der Waals surface area contributed by atoms with Crippen LogP contribution < -0.4 is 0 Å². The van der Waals surface area contributed by atoms with Crippen molar-refractivity contribution in [3.05, 3.63) is 55.3 Å². The minimum absolute atomic E-state index is 0. The second-order valence-corrected chi connectivity index (χ2v) is 2.42. The number of aliphatic hydroxyl groups excluding tert-OH is 1. The molecule has 16 heavy (non-hydrogen) atoms. The molecule has 1 atom stereocenters. The predicted octanol–water partition coefficient (Wildman–Crippen LogP) is 1.16. The summed E-state index contributed by atoms with van der Waals surface area (Å²) in [4.78, 5) is 0. The van der Waals surface area contributed by atoms with Gasteiger partial charge >= 0.3 is 33.9 Å². The molecule has 1 N–H and O–H groups in total. The molecular formula is C11H8CrO4. The van der Waals surface area contributed by atoms with E-state index in [1.807, 2.05) is 18.2 Å². The molecule has 82 valence electrons. The van der Waals surface area contributed by atoms with Gasteiger partial charge in [-0.05, 0) is 11.1 Å². The average molecular weight is 256 g/mol. The summed E-state index contributed by atoms with van der Waals surface area (Å²) in [5, 5.41) is 9.10. The van der Waals surface area contributed by atoms with Crippen molar-refractivity contribution in [1.29, 1.82) is 0 Å². The van der Waals surface area contributed by atoms with Gasteiger partial charge in [-0.3, -0.25) is 0 Å². The number of aliphatic hydroxyl groups is 1. The second-order valence-electron chi connectivity index (χ2n) is 2.42. The van der Waals surface area contributed by atoms with Crippen LogP contribution in [0.2, 0.25) is 0 Å². The molecule has 0 amide bonds. The average Bonchev–Trinajstić information content (AvgIpc) is 2.36. The van der Waals surface area contributed by atoms with Crippen molar-refractivity contribution in [2.75, 3.05) is 0 Å². The van der Waals surface area contributed by atoms with Crippen molar-refractivity contribution in [2.45, 2.75) is 12.5 Å². The summed E-state index contributed by atoms with van der Waals surface area (Å²) >= 11 is 0. The summed E-state index contributed by atoms with van der Waals surface area (Å²) in [6.45, 7) is 13.5. The molecule has 0 saturated heterocycles. The first kappa shape index (κ1) is 20.4. The van der Waals surface area contributed by atoms with E-state index in [-0.39, 0.29) is 23.5 Å². The van der Waals surface area contributed by atoms with Gasteiger partial charge in [-0.2, -0.15) is 0 Å². The van der Waals surface area contributed by atoms with Gasteiger partial charge in [0.15, 0.2) is 0 Å². The molecule has 1 aromatic rings. The van der Waals surface area contributed by atoms with Gasteiger partial charge in [-0.25, -0.2) is 0 Å². The molecule has 1 aromatic carbocycles. The number of rotatable bonds is 0. The molecule has 0 radical (unpaired) electrons. The van der Waals surface area contributed by atoms with Crippen LogP contribution in [0.5, 0.6) is 0 Å². The van der Waals surface area contributed by atoms with Gasteiger partial charge in [0.2, 0.25) is 0 Å². The van der Waals surface area contributed by atoms with Crippen LogP contribution in [-0.2, 0) is 37.7 Å². The molecule has 1 aliphatic rings. The monoisotopic (exact) mass is 256 g/mol. The van der Waals surface area contributed by atoms with Crippen LogP contribution in [0.1, 0.15) is 17.2 Å². The van der Waals surface area contributed by atoms with Gasteiger partial charge in [0, 0.05) is 23.8 Å². The number of fused-ring (bicyclic) bond motifs is 1. The Morgan fingerprint density at radius 2 is 1.44 bits per heavy atom. The van der Waals surface area contributed by atoms with Crippen molar-refractivity contribution in [2.24, 2.45) is 0 Å². The summed E-state index contributed by atoms with van der Waals surface area (Å²) in [7, 11) is 0. The molecule has 0 aliphatic heterocycles. The van der Waals surface area contributed by atoms with Gasteiger partial charge < -0.3 is 5.11 Å². The standard InChI is InChI=1S/C8H8O.3CO.Cr/c9-8-5-6-3-1-2-4-7(6)8;3*1-2;/h1-4,8-9H,5H2;;;;. The van der Waals surface area contributed by atoms with E-state index in [1.165, 1.54) is 5.56 Å². The van der Waals surface area contributed by atoms with Gasteiger partial charge in [0.1, 0.15) is 0 Å². The van der Waals surface area contributed by atoms with Crippen LogP contribution in [0, 0.1) is 20.0 Å². The van der Waals surface area contributed by atoms with Crippen LogP contribution >= 0.6 is 0 Å². The van der Waals surface area contributed by atoms with Gasteiger partial charge in [0.25, 0.3) is 0 Å². The molecule has 0 aromatic heterocycles. The Hall–Kier alpha value is -1.07. The summed E-state index contributed by atoms with van der Waals surface area (Å²) in [6.07, 6.45) is 0.664. The molecule has 1 unspecified atom stereocenters. The number of hydrogen-bond acceptors (Lipinski definition) is 1. The molecule has 1 aliphatic carbocycles. The van der Waals surface area contributed by atoms with Crippen molar-refractivity contribution in [1.82, 2.24) is 0 Å². The Labute approximate surface area is 105 Å². The molecule has 0 saturated carbocycles. The van der Waals surface area contributed by atoms with Gasteiger partial charge in [-0.1, -0.05) is 24.3 Å². The van der Waals surface area contributed by atoms with E-state index in [1.54, 1.807) is 0 Å². The van der Waals surface area contributed by atoms with Crippen molar-refractivity contribution >= 4 is 0 Å². The topological polar surface area (TPSA) is 79.9 Å². The summed E-state index contributed by atoms with van der Waals surface area (Å²) in [5.41, 5.74) is 2.41. The first-order valence-electron chi connectivity index (χ1n) is 3.75. The minimum Gasteiger partial charge on any atom is 0 e. The molecule has 2 rings (SSSR count). The SMILES string of the molecule is OC1Cc2ccccc21.[C-]#[O+].[C-]#[O+].[C-]#[O+].[Cr]. The zero-order chi connectivity index (χ0) is 12.3. The first-order valence-corrected chi connectivity index (χ1v) is 3.75. The predicted molar refractivity (Wildman–Crippen MR) is 46.9 cm³/mol. The molecule has 0 fully saturated rings. The smallest absolute Gasteiger partial charge is 0 e. The second kappa shape index (κ2) is 13.9. The maximum absolute atomic E-state index is 9.10. The van der Waals surface area contributed by atoms with E-state index in [2.05, 4.69) is 26.0 Å². The van der Waals surface area contributed by atoms with Crippen LogP contribution in [-0.4, -0.2) is 5.11 Å². The summed E-state index contributed by atoms with van der Waals surface area (Å²) in [5.74, 6) is 0. The maximum atomic E-state index is 9.10. The molecule has 0 heterocycles. The van der Waals surface area contributed by atoms with Crippen LogP contribution in [0.4, 0.5) is 0 Å². The van der Waals surface area contributed by atoms with Crippen molar-refractivity contribution < 1.29 is 36.4 Å². The third kappa shape index (κ3) is 5.73. The Morgan fingerprint density at radius 3 is 1.75 bits per heavy atom. The Balaban J connectivity index is -0.000000214. The molecular weight excluding hydrogens is 248 g/mol. The van der Waals surface area contributed by atoms with E-state index < -0.39 is 0 Å². The fourth-order valence-corrected chi connectivity index (χ4v) is 1.23. The minimum atomic E-state index is -0.179. The van der Waals surface area contributed by atoms with E-state index in [0.29, 0.717) is 0 Å². The summed E-state index contributed by atoms with van der Waals surface area (Å²) < 4.78 is 22.5. The maximum Gasteiger partial charge on any atom is 0 e. The van der Waals surface area contributed by atoms with Gasteiger partial charge in [0.05, 0.1) is 6.10 Å². The van der Waals surface area contributed by atoms with E-state index in [9.17, 15) is 0 Å². The molecule has 5 heteroatoms. The van der Waals surface area contributed by atoms with Crippen molar-refractivity contribution in [3.63, 3.8) is 0 Å². The largest absolute Gasteiger partial charge is 0 e. The number of benzene rings is 1. The first-order chi connectivity index (χ1) is 7.38. The number of hydrogen-bond donors (Lipinski definition) is 1. The van der Waals surface area contributed by atoms with Crippen LogP contribution in [0.3, 0.4) is 0 Å². The van der Waals surface area contributed by atoms with Crippen LogP contribution in [0.25, 0.3) is 0 Å². The molecule has 0 spiro atoms. The Kier molecular flexibility index (Phi) is 17.7. The fraction of sp³-hybridized carbons (Fsp3) is 0.182. The fourth-order valence-electron chi connectivity index (χ4n) is 1.23. The van der Waals surface area contributed by atoms with Crippen molar-refractivity contribution in [3.8, 4) is 0 Å². The zero-order valence-corrected chi connectivity index (χ0v) is 9.45. The van der Waals surface area contributed by atoms with E-state index in [0.717, 1.165) is 12.0 Å². The Bertz CT molecular complexity index is 329. The zero-order valence-electron chi connectivity index (χ0n) is 8.17. The third-order valence-corrected chi connectivity index (χ3v) is 1.83. The third-order valence-electron chi connectivity index (χ3n) is 1.83. The Morgan fingerprint density at radius 1 is 1.00 bits per heavy atom.